The molecule has 0 spiro atoms. The first-order chi connectivity index (χ1) is 13.0. The van der Waals surface area contributed by atoms with Gasteiger partial charge in [-0.25, -0.2) is 0 Å². The zero-order valence-electron chi connectivity index (χ0n) is 16.3. The van der Waals surface area contributed by atoms with Crippen LogP contribution in [-0.4, -0.2) is 31.2 Å². The lowest BCUT2D eigenvalue weighted by Crippen LogP contribution is -2.45. The fraction of sp³-hybridized carbons (Fsp3) is 0.348. The van der Waals surface area contributed by atoms with Crippen LogP contribution in [0.25, 0.3) is 6.08 Å². The highest BCUT2D eigenvalue weighted by Crippen LogP contribution is 2.24. The quantitative estimate of drug-likeness (QED) is 0.809. The highest BCUT2D eigenvalue weighted by molar-refractivity contribution is 5.91. The molecule has 0 bridgehead atoms. The van der Waals surface area contributed by atoms with Crippen molar-refractivity contribution in [2.75, 3.05) is 18.0 Å². The summed E-state index contributed by atoms with van der Waals surface area (Å²) in [6, 6.07) is 18.2. The van der Waals surface area contributed by atoms with Crippen LogP contribution in [0.1, 0.15) is 37.9 Å². The smallest absolute Gasteiger partial charge is 0.244 e. The van der Waals surface area contributed by atoms with Crippen molar-refractivity contribution >= 4 is 17.7 Å². The number of anilines is 1. The highest BCUT2D eigenvalue weighted by atomic mass is 16.5. The zero-order chi connectivity index (χ0) is 19.2. The first-order valence-electron chi connectivity index (χ1n) is 9.55. The van der Waals surface area contributed by atoms with E-state index in [0.717, 1.165) is 24.2 Å². The molecular weight excluding hydrogens is 336 g/mol. The van der Waals surface area contributed by atoms with Crippen molar-refractivity contribution in [1.29, 1.82) is 0 Å². The molecule has 1 amide bonds. The number of ether oxygens (including phenoxy) is 1. The lowest BCUT2D eigenvalue weighted by Gasteiger charge is -2.37. The van der Waals surface area contributed by atoms with E-state index in [1.807, 2.05) is 43.3 Å². The number of hydrogen-bond donors (Lipinski definition) is 1. The van der Waals surface area contributed by atoms with E-state index in [-0.39, 0.29) is 24.2 Å². The van der Waals surface area contributed by atoms with Gasteiger partial charge in [0.05, 0.1) is 18.2 Å². The van der Waals surface area contributed by atoms with Gasteiger partial charge in [-0.2, -0.15) is 0 Å². The number of nitrogens with zero attached hydrogens (tertiary/aromatic N) is 1. The summed E-state index contributed by atoms with van der Waals surface area (Å²) in [5.74, 6) is -0.0922. The molecule has 0 unspecified atom stereocenters. The molecule has 4 heteroatoms. The number of nitrogens with one attached hydrogen (secondary N) is 1. The Bertz CT molecular complexity index is 778. The van der Waals surface area contributed by atoms with Gasteiger partial charge in [0.15, 0.2) is 0 Å². The van der Waals surface area contributed by atoms with E-state index in [9.17, 15) is 4.79 Å². The summed E-state index contributed by atoms with van der Waals surface area (Å²) in [5.41, 5.74) is 3.29. The Labute approximate surface area is 161 Å². The van der Waals surface area contributed by atoms with Gasteiger partial charge < -0.3 is 15.0 Å². The molecule has 4 nitrogen and oxygen atoms in total. The van der Waals surface area contributed by atoms with Gasteiger partial charge in [0.1, 0.15) is 0 Å². The second-order valence-electron chi connectivity index (χ2n) is 7.23. The van der Waals surface area contributed by atoms with Gasteiger partial charge in [0.25, 0.3) is 0 Å². The molecule has 0 radical (unpaired) electrons. The molecule has 2 aromatic carbocycles. The third kappa shape index (κ3) is 5.44. The maximum Gasteiger partial charge on any atom is 0.244 e. The zero-order valence-corrected chi connectivity index (χ0v) is 16.3. The number of carbonyl (C=O) groups excluding carboxylic acids is 1. The normalized spacial score (nSPS) is 21.2. The summed E-state index contributed by atoms with van der Waals surface area (Å²) in [5, 5.41) is 3.05. The van der Waals surface area contributed by atoms with E-state index in [1.165, 1.54) is 5.69 Å². The van der Waals surface area contributed by atoms with Gasteiger partial charge in [-0.1, -0.05) is 42.5 Å². The molecule has 0 aromatic heterocycles. The summed E-state index contributed by atoms with van der Waals surface area (Å²) < 4.78 is 5.83. The van der Waals surface area contributed by atoms with Gasteiger partial charge in [0, 0.05) is 24.9 Å². The topological polar surface area (TPSA) is 41.6 Å². The number of morpholine rings is 1. The average Bonchev–Trinajstić information content (AvgIpc) is 2.66. The van der Waals surface area contributed by atoms with E-state index in [1.54, 1.807) is 6.08 Å². The van der Waals surface area contributed by atoms with Gasteiger partial charge in [-0.05, 0) is 50.1 Å². The van der Waals surface area contributed by atoms with Crippen molar-refractivity contribution in [2.24, 2.45) is 0 Å². The third-order valence-electron chi connectivity index (χ3n) is 4.74. The van der Waals surface area contributed by atoms with Crippen molar-refractivity contribution in [2.45, 2.75) is 39.0 Å². The predicted molar refractivity (Wildman–Crippen MR) is 111 cm³/mol. The van der Waals surface area contributed by atoms with Crippen LogP contribution in [0.15, 0.2) is 60.7 Å². The number of hydrogen-bond acceptors (Lipinski definition) is 3. The minimum absolute atomic E-state index is 0.0613. The second kappa shape index (κ2) is 8.87. The molecule has 3 rings (SSSR count). The molecule has 2 aromatic rings. The molecule has 1 aliphatic rings. The van der Waals surface area contributed by atoms with Crippen LogP contribution in [-0.2, 0) is 9.53 Å². The van der Waals surface area contributed by atoms with Gasteiger partial charge in [-0.15, -0.1) is 0 Å². The van der Waals surface area contributed by atoms with E-state index in [4.69, 9.17) is 4.74 Å². The van der Waals surface area contributed by atoms with Crippen LogP contribution in [0.5, 0.6) is 0 Å². The van der Waals surface area contributed by atoms with E-state index in [0.29, 0.717) is 0 Å². The third-order valence-corrected chi connectivity index (χ3v) is 4.74. The fourth-order valence-electron chi connectivity index (χ4n) is 3.46. The lowest BCUT2D eigenvalue weighted by molar-refractivity contribution is -0.117. The van der Waals surface area contributed by atoms with E-state index >= 15 is 0 Å². The Kier molecular flexibility index (Phi) is 6.30. The molecular formula is C23H28N2O2. The highest BCUT2D eigenvalue weighted by Gasteiger charge is 2.22. The predicted octanol–water partition coefficient (Wildman–Crippen LogP) is 4.19. The van der Waals surface area contributed by atoms with Gasteiger partial charge in [-0.3, -0.25) is 4.79 Å². The summed E-state index contributed by atoms with van der Waals surface area (Å²) in [4.78, 5) is 14.6. The summed E-state index contributed by atoms with van der Waals surface area (Å²) in [7, 11) is 0. The molecule has 1 fully saturated rings. The molecule has 1 aliphatic heterocycles. The Morgan fingerprint density at radius 3 is 2.52 bits per heavy atom. The maximum absolute atomic E-state index is 12.2. The van der Waals surface area contributed by atoms with Gasteiger partial charge in [0.2, 0.25) is 5.91 Å². The SMILES string of the molecule is C[C@@H]1CN(c2cccc([C@H](C)NC(=O)/C=C/c3ccccc3)c2)C[C@H](C)O1. The van der Waals surface area contributed by atoms with E-state index in [2.05, 4.69) is 48.3 Å². The number of carbonyl (C=O) groups is 1. The second-order valence-corrected chi connectivity index (χ2v) is 7.23. The minimum atomic E-state index is -0.0922. The number of rotatable bonds is 5. The molecule has 0 aliphatic carbocycles. The number of benzene rings is 2. The van der Waals surface area contributed by atoms with Crippen molar-refractivity contribution < 1.29 is 9.53 Å². The maximum atomic E-state index is 12.2. The Morgan fingerprint density at radius 1 is 1.11 bits per heavy atom. The lowest BCUT2D eigenvalue weighted by atomic mass is 10.1. The standard InChI is InChI=1S/C23H28N2O2/c1-17-15-25(16-18(2)27-17)22-11-7-10-21(14-22)19(3)24-23(26)13-12-20-8-5-4-6-9-20/h4-14,17-19H,15-16H2,1-3H3,(H,24,26)/b13-12+/t17-,18+,19-/m0/s1. The van der Waals surface area contributed by atoms with Crippen molar-refractivity contribution in [3.05, 3.63) is 71.8 Å². The van der Waals surface area contributed by atoms with Crippen molar-refractivity contribution in [3.8, 4) is 0 Å². The van der Waals surface area contributed by atoms with Gasteiger partial charge >= 0.3 is 0 Å². The van der Waals surface area contributed by atoms with Crippen LogP contribution in [0.3, 0.4) is 0 Å². The van der Waals surface area contributed by atoms with Crippen LogP contribution < -0.4 is 10.2 Å². The van der Waals surface area contributed by atoms with E-state index < -0.39 is 0 Å². The first kappa shape index (κ1) is 19.2. The monoisotopic (exact) mass is 364 g/mol. The Balaban J connectivity index is 1.64. The fourth-order valence-corrected chi connectivity index (χ4v) is 3.46. The molecule has 1 saturated heterocycles. The van der Waals surface area contributed by atoms with Crippen LogP contribution >= 0.6 is 0 Å². The summed E-state index contributed by atoms with van der Waals surface area (Å²) >= 11 is 0. The largest absolute Gasteiger partial charge is 0.372 e. The minimum Gasteiger partial charge on any atom is -0.372 e. The average molecular weight is 364 g/mol. The molecule has 27 heavy (non-hydrogen) atoms. The molecule has 0 saturated carbocycles. The summed E-state index contributed by atoms with van der Waals surface area (Å²) in [6.07, 6.45) is 3.85. The van der Waals surface area contributed by atoms with Crippen LogP contribution in [0, 0.1) is 0 Å². The molecule has 1 heterocycles. The first-order valence-corrected chi connectivity index (χ1v) is 9.55. The van der Waals surface area contributed by atoms with Crippen LogP contribution in [0.4, 0.5) is 5.69 Å². The molecule has 142 valence electrons. The summed E-state index contributed by atoms with van der Waals surface area (Å²) in [6.45, 7) is 7.99. The Morgan fingerprint density at radius 2 is 1.81 bits per heavy atom. The van der Waals surface area contributed by atoms with Crippen molar-refractivity contribution in [1.82, 2.24) is 5.32 Å². The molecule has 1 N–H and O–H groups in total. The van der Waals surface area contributed by atoms with Crippen LogP contribution in [0.2, 0.25) is 0 Å². The number of amides is 1. The van der Waals surface area contributed by atoms with Crippen molar-refractivity contribution in [3.63, 3.8) is 0 Å². The molecule has 3 atom stereocenters. The Hall–Kier alpha value is -2.59.